The van der Waals surface area contributed by atoms with Gasteiger partial charge in [-0.3, -0.25) is 19.7 Å². The zero-order chi connectivity index (χ0) is 17.7. The normalized spacial score (nSPS) is 11.4. The summed E-state index contributed by atoms with van der Waals surface area (Å²) in [6.07, 6.45) is 0.427. The highest BCUT2D eigenvalue weighted by Gasteiger charge is 2.22. The standard InChI is InChI=1S/C17H17N3O4/c1-11-4-3-5-12(2)15(11)19-17(22)16(18-10-21)13-6-8-14(9-7-13)20(23)24/h3-10,16H,1-2H3,(H,18,21)(H,19,22). The van der Waals surface area contributed by atoms with E-state index in [0.717, 1.165) is 11.1 Å². The number of carbonyl (C=O) groups excluding carboxylic acids is 2. The molecule has 1 atom stereocenters. The molecule has 124 valence electrons. The molecule has 2 aromatic carbocycles. The second-order valence-corrected chi connectivity index (χ2v) is 5.32. The highest BCUT2D eigenvalue weighted by atomic mass is 16.6. The Kier molecular flexibility index (Phi) is 5.26. The predicted molar refractivity (Wildman–Crippen MR) is 89.6 cm³/mol. The molecular weight excluding hydrogens is 310 g/mol. The number of nitro groups is 1. The number of hydrogen-bond donors (Lipinski definition) is 2. The second kappa shape index (κ2) is 7.36. The molecule has 2 amide bonds. The minimum Gasteiger partial charge on any atom is -0.343 e. The maximum atomic E-state index is 12.6. The third-order valence-corrected chi connectivity index (χ3v) is 3.66. The second-order valence-electron chi connectivity index (χ2n) is 5.32. The van der Waals surface area contributed by atoms with E-state index >= 15 is 0 Å². The van der Waals surface area contributed by atoms with Gasteiger partial charge >= 0.3 is 0 Å². The molecule has 0 saturated heterocycles. The highest BCUT2D eigenvalue weighted by Crippen LogP contribution is 2.23. The molecule has 2 rings (SSSR count). The Morgan fingerprint density at radius 3 is 2.21 bits per heavy atom. The van der Waals surface area contributed by atoms with Crippen LogP contribution in [0.1, 0.15) is 22.7 Å². The number of hydrogen-bond acceptors (Lipinski definition) is 4. The summed E-state index contributed by atoms with van der Waals surface area (Å²) in [4.78, 5) is 33.6. The van der Waals surface area contributed by atoms with Gasteiger partial charge in [0, 0.05) is 17.8 Å². The van der Waals surface area contributed by atoms with Gasteiger partial charge in [-0.25, -0.2) is 0 Å². The van der Waals surface area contributed by atoms with E-state index < -0.39 is 16.9 Å². The number of non-ortho nitro benzene ring substituents is 1. The van der Waals surface area contributed by atoms with Crippen molar-refractivity contribution in [1.29, 1.82) is 0 Å². The lowest BCUT2D eigenvalue weighted by Crippen LogP contribution is -2.32. The van der Waals surface area contributed by atoms with Crippen molar-refractivity contribution in [3.05, 3.63) is 69.3 Å². The van der Waals surface area contributed by atoms with Gasteiger partial charge < -0.3 is 10.6 Å². The summed E-state index contributed by atoms with van der Waals surface area (Å²) < 4.78 is 0. The summed E-state index contributed by atoms with van der Waals surface area (Å²) in [5.41, 5.74) is 2.85. The Hall–Kier alpha value is -3.22. The molecule has 0 radical (unpaired) electrons. The van der Waals surface area contributed by atoms with Crippen LogP contribution in [0.2, 0.25) is 0 Å². The van der Waals surface area contributed by atoms with Crippen LogP contribution in [-0.2, 0) is 9.59 Å². The molecule has 0 saturated carbocycles. The van der Waals surface area contributed by atoms with Crippen molar-refractivity contribution in [2.24, 2.45) is 0 Å². The fraction of sp³-hybridized carbons (Fsp3) is 0.176. The monoisotopic (exact) mass is 327 g/mol. The van der Waals surface area contributed by atoms with Crippen molar-refractivity contribution in [1.82, 2.24) is 5.32 Å². The number of carbonyl (C=O) groups is 2. The van der Waals surface area contributed by atoms with Gasteiger partial charge in [0.15, 0.2) is 0 Å². The minimum atomic E-state index is -0.942. The fourth-order valence-corrected chi connectivity index (χ4v) is 2.39. The molecule has 1 unspecified atom stereocenters. The van der Waals surface area contributed by atoms with Crippen LogP contribution in [0.5, 0.6) is 0 Å². The molecule has 0 aliphatic heterocycles. The molecule has 0 heterocycles. The van der Waals surface area contributed by atoms with E-state index in [4.69, 9.17) is 0 Å². The average molecular weight is 327 g/mol. The van der Waals surface area contributed by atoms with E-state index in [2.05, 4.69) is 10.6 Å². The van der Waals surface area contributed by atoms with Crippen molar-refractivity contribution in [2.45, 2.75) is 19.9 Å². The lowest BCUT2D eigenvalue weighted by atomic mass is 10.0. The molecule has 0 aromatic heterocycles. The zero-order valence-electron chi connectivity index (χ0n) is 13.3. The average Bonchev–Trinajstić information content (AvgIpc) is 2.56. The number of nitrogens with one attached hydrogen (secondary N) is 2. The number of anilines is 1. The van der Waals surface area contributed by atoms with Crippen molar-refractivity contribution >= 4 is 23.7 Å². The SMILES string of the molecule is Cc1cccc(C)c1NC(=O)C(NC=O)c1ccc([N+](=O)[O-])cc1. The quantitative estimate of drug-likeness (QED) is 0.484. The number of aryl methyl sites for hydroxylation is 2. The van der Waals surface area contributed by atoms with Crippen molar-refractivity contribution in [3.8, 4) is 0 Å². The Morgan fingerprint density at radius 1 is 1.12 bits per heavy atom. The molecule has 0 fully saturated rings. The van der Waals surface area contributed by atoms with E-state index in [9.17, 15) is 19.7 Å². The van der Waals surface area contributed by atoms with Gasteiger partial charge in [0.2, 0.25) is 6.41 Å². The Morgan fingerprint density at radius 2 is 1.71 bits per heavy atom. The predicted octanol–water partition coefficient (Wildman–Crippen LogP) is 2.64. The number of nitrogens with zero attached hydrogens (tertiary/aromatic N) is 1. The lowest BCUT2D eigenvalue weighted by molar-refractivity contribution is -0.384. The largest absolute Gasteiger partial charge is 0.343 e. The third kappa shape index (κ3) is 3.75. The highest BCUT2D eigenvalue weighted by molar-refractivity contribution is 5.97. The molecule has 0 bridgehead atoms. The van der Waals surface area contributed by atoms with E-state index in [-0.39, 0.29) is 5.69 Å². The van der Waals surface area contributed by atoms with Crippen LogP contribution in [-0.4, -0.2) is 17.2 Å². The third-order valence-electron chi connectivity index (χ3n) is 3.66. The number of nitro benzene ring substituents is 1. The summed E-state index contributed by atoms with van der Waals surface area (Å²) in [5.74, 6) is -0.423. The first-order valence-corrected chi connectivity index (χ1v) is 7.25. The number of para-hydroxylation sites is 1. The number of rotatable bonds is 6. The number of amides is 2. The molecule has 2 N–H and O–H groups in total. The summed E-state index contributed by atoms with van der Waals surface area (Å²) in [5, 5.41) is 16.0. The summed E-state index contributed by atoms with van der Waals surface area (Å²) in [7, 11) is 0. The van der Waals surface area contributed by atoms with Gasteiger partial charge in [-0.05, 0) is 42.7 Å². The van der Waals surface area contributed by atoms with Crippen LogP contribution < -0.4 is 10.6 Å². The molecular formula is C17H17N3O4. The molecule has 0 aliphatic carbocycles. The fourth-order valence-electron chi connectivity index (χ4n) is 2.39. The number of benzene rings is 2. The van der Waals surface area contributed by atoms with Gasteiger partial charge in [0.05, 0.1) is 4.92 Å². The molecule has 2 aromatic rings. The summed E-state index contributed by atoms with van der Waals surface area (Å²) >= 11 is 0. The first-order valence-electron chi connectivity index (χ1n) is 7.25. The van der Waals surface area contributed by atoms with Crippen molar-refractivity contribution < 1.29 is 14.5 Å². The van der Waals surface area contributed by atoms with E-state index in [0.29, 0.717) is 17.7 Å². The summed E-state index contributed by atoms with van der Waals surface area (Å²) in [6.45, 7) is 3.74. The van der Waals surface area contributed by atoms with Crippen LogP contribution >= 0.6 is 0 Å². The maximum absolute atomic E-state index is 12.6. The van der Waals surface area contributed by atoms with E-state index in [1.54, 1.807) is 0 Å². The van der Waals surface area contributed by atoms with Crippen LogP contribution in [0.25, 0.3) is 0 Å². The van der Waals surface area contributed by atoms with Crippen LogP contribution in [0.4, 0.5) is 11.4 Å². The molecule has 24 heavy (non-hydrogen) atoms. The molecule has 7 heteroatoms. The first kappa shape index (κ1) is 17.1. The van der Waals surface area contributed by atoms with Gasteiger partial charge in [-0.1, -0.05) is 18.2 Å². The lowest BCUT2D eigenvalue weighted by Gasteiger charge is -2.18. The Bertz CT molecular complexity index is 752. The van der Waals surface area contributed by atoms with Crippen LogP contribution in [0.3, 0.4) is 0 Å². The van der Waals surface area contributed by atoms with E-state index in [1.807, 2.05) is 32.0 Å². The Labute approximate surface area is 138 Å². The molecule has 7 nitrogen and oxygen atoms in total. The first-order chi connectivity index (χ1) is 11.4. The van der Waals surface area contributed by atoms with Gasteiger partial charge in [-0.15, -0.1) is 0 Å². The van der Waals surface area contributed by atoms with Gasteiger partial charge in [-0.2, -0.15) is 0 Å². The van der Waals surface area contributed by atoms with Crippen LogP contribution in [0.15, 0.2) is 42.5 Å². The smallest absolute Gasteiger partial charge is 0.269 e. The maximum Gasteiger partial charge on any atom is 0.269 e. The van der Waals surface area contributed by atoms with Gasteiger partial charge in [0.1, 0.15) is 6.04 Å². The molecule has 0 spiro atoms. The van der Waals surface area contributed by atoms with E-state index in [1.165, 1.54) is 24.3 Å². The van der Waals surface area contributed by atoms with Crippen molar-refractivity contribution in [2.75, 3.05) is 5.32 Å². The Balaban J connectivity index is 2.28. The van der Waals surface area contributed by atoms with Crippen LogP contribution in [0, 0.1) is 24.0 Å². The zero-order valence-corrected chi connectivity index (χ0v) is 13.3. The topological polar surface area (TPSA) is 101 Å². The van der Waals surface area contributed by atoms with Crippen molar-refractivity contribution in [3.63, 3.8) is 0 Å². The van der Waals surface area contributed by atoms with Gasteiger partial charge in [0.25, 0.3) is 11.6 Å². The molecule has 0 aliphatic rings. The minimum absolute atomic E-state index is 0.0845. The summed E-state index contributed by atoms with van der Waals surface area (Å²) in [6, 6.07) is 10.2.